The van der Waals surface area contributed by atoms with Crippen molar-refractivity contribution in [3.63, 3.8) is 0 Å². The second-order valence-corrected chi connectivity index (χ2v) is 3.76. The first-order chi connectivity index (χ1) is 7.47. The number of rotatable bonds is 3. The highest BCUT2D eigenvalue weighted by Gasteiger charge is 2.23. The summed E-state index contributed by atoms with van der Waals surface area (Å²) >= 11 is 1.50. The lowest BCUT2D eigenvalue weighted by Gasteiger charge is -2.04. The molecule has 0 atom stereocenters. The van der Waals surface area contributed by atoms with Gasteiger partial charge in [0.05, 0.1) is 17.4 Å². The van der Waals surface area contributed by atoms with Gasteiger partial charge in [0.25, 0.3) is 6.43 Å². The summed E-state index contributed by atoms with van der Waals surface area (Å²) in [5.41, 5.74) is -0.978. The summed E-state index contributed by atoms with van der Waals surface area (Å²) in [6, 6.07) is 2.59. The molecule has 0 fully saturated rings. The highest BCUT2D eigenvalue weighted by molar-refractivity contribution is 14.1. The summed E-state index contributed by atoms with van der Waals surface area (Å²) < 4.78 is 24.6. The molecule has 0 saturated heterocycles. The fourth-order valence-electron chi connectivity index (χ4n) is 1.10. The van der Waals surface area contributed by atoms with Crippen LogP contribution in [0.3, 0.4) is 0 Å². The van der Waals surface area contributed by atoms with Crippen LogP contribution in [-0.4, -0.2) is 9.91 Å². The average Bonchev–Trinajstić information content (AvgIpc) is 2.16. The molecule has 0 aliphatic heterocycles. The second-order valence-electron chi connectivity index (χ2n) is 2.74. The van der Waals surface area contributed by atoms with Crippen LogP contribution in [0.5, 0.6) is 0 Å². The molecule has 84 valence electrons. The van der Waals surface area contributed by atoms with E-state index in [0.717, 1.165) is 6.07 Å². The number of halogens is 3. The number of pyridine rings is 1. The molecule has 0 radical (unpaired) electrons. The zero-order valence-electron chi connectivity index (χ0n) is 7.65. The maximum atomic E-state index is 12.4. The van der Waals surface area contributed by atoms with Gasteiger partial charge in [0.15, 0.2) is 3.70 Å². The summed E-state index contributed by atoms with van der Waals surface area (Å²) in [6.07, 6.45) is -3.11. The van der Waals surface area contributed by atoms with E-state index in [0.29, 0.717) is 0 Å². The largest absolute Gasteiger partial charge is 0.305 e. The lowest BCUT2D eigenvalue weighted by atomic mass is 10.1. The minimum atomic E-state index is -2.81. The zero-order valence-corrected chi connectivity index (χ0v) is 9.81. The van der Waals surface area contributed by atoms with Crippen LogP contribution in [0.1, 0.15) is 17.7 Å². The van der Waals surface area contributed by atoms with E-state index in [4.69, 9.17) is 5.26 Å². The van der Waals surface area contributed by atoms with E-state index < -0.39 is 17.0 Å². The van der Waals surface area contributed by atoms with E-state index >= 15 is 0 Å². The molecule has 1 rings (SSSR count). The Hall–Kier alpha value is -1.37. The number of hydrogen-bond acceptors (Lipinski definition) is 4. The first-order valence-corrected chi connectivity index (χ1v) is 5.04. The fraction of sp³-hybridized carbons (Fsp3) is 0.250. The predicted molar refractivity (Wildman–Crippen MR) is 57.9 cm³/mol. The zero-order chi connectivity index (χ0) is 12.3. The van der Waals surface area contributed by atoms with E-state index in [1.165, 1.54) is 22.6 Å². The molecule has 0 aliphatic carbocycles. The Bertz CT molecular complexity index is 473. The van der Waals surface area contributed by atoms with E-state index in [1.54, 1.807) is 6.07 Å². The molecule has 0 unspecified atom stereocenters. The monoisotopic (exact) mass is 339 g/mol. The number of hydrogen-bond donors (Lipinski definition) is 0. The molecular formula is C8H4F2IN3O2. The molecule has 0 amide bonds. The Kier molecular flexibility index (Phi) is 4.05. The molecule has 1 aromatic heterocycles. The van der Waals surface area contributed by atoms with Crippen LogP contribution >= 0.6 is 22.6 Å². The first-order valence-electron chi connectivity index (χ1n) is 3.96. The third kappa shape index (κ3) is 2.60. The third-order valence-electron chi connectivity index (χ3n) is 1.72. The second kappa shape index (κ2) is 5.11. The van der Waals surface area contributed by atoms with Crippen LogP contribution in [-0.2, 0) is 6.42 Å². The molecule has 1 aromatic rings. The van der Waals surface area contributed by atoms with Crippen molar-refractivity contribution in [1.82, 2.24) is 4.98 Å². The SMILES string of the molecule is N#CCc1cc(C(F)F)nc(I)c1[N+](=O)[O-]. The van der Waals surface area contributed by atoms with Gasteiger partial charge in [-0.3, -0.25) is 10.1 Å². The van der Waals surface area contributed by atoms with Crippen LogP contribution in [0.2, 0.25) is 0 Å². The highest BCUT2D eigenvalue weighted by atomic mass is 127. The Labute approximate surface area is 102 Å². The van der Waals surface area contributed by atoms with E-state index in [1.807, 2.05) is 0 Å². The van der Waals surface area contributed by atoms with Crippen LogP contribution in [0.4, 0.5) is 14.5 Å². The Balaban J connectivity index is 3.40. The molecule has 0 saturated carbocycles. The lowest BCUT2D eigenvalue weighted by molar-refractivity contribution is -0.386. The molecule has 0 aliphatic rings. The van der Waals surface area contributed by atoms with Gasteiger partial charge in [-0.2, -0.15) is 5.26 Å². The summed E-state index contributed by atoms with van der Waals surface area (Å²) in [6.45, 7) is 0. The highest BCUT2D eigenvalue weighted by Crippen LogP contribution is 2.28. The van der Waals surface area contributed by atoms with Crippen LogP contribution in [0.25, 0.3) is 0 Å². The van der Waals surface area contributed by atoms with Gasteiger partial charge in [-0.25, -0.2) is 13.8 Å². The van der Waals surface area contributed by atoms with E-state index in [2.05, 4.69) is 4.98 Å². The summed E-state index contributed by atoms with van der Waals surface area (Å²) in [4.78, 5) is 13.4. The minimum Gasteiger partial charge on any atom is -0.258 e. The van der Waals surface area contributed by atoms with Crippen molar-refractivity contribution in [2.24, 2.45) is 0 Å². The van der Waals surface area contributed by atoms with Crippen molar-refractivity contribution in [1.29, 1.82) is 5.26 Å². The van der Waals surface area contributed by atoms with Gasteiger partial charge in [0.2, 0.25) is 0 Å². The van der Waals surface area contributed by atoms with Gasteiger partial charge >= 0.3 is 5.69 Å². The topological polar surface area (TPSA) is 79.8 Å². The van der Waals surface area contributed by atoms with Gasteiger partial charge in [-0.15, -0.1) is 0 Å². The normalized spacial score (nSPS) is 10.2. The quantitative estimate of drug-likeness (QED) is 0.367. The van der Waals surface area contributed by atoms with Crippen molar-refractivity contribution < 1.29 is 13.7 Å². The van der Waals surface area contributed by atoms with Gasteiger partial charge < -0.3 is 0 Å². The van der Waals surface area contributed by atoms with Crippen molar-refractivity contribution in [3.05, 3.63) is 31.1 Å². The Morgan fingerprint density at radius 2 is 2.31 bits per heavy atom. The number of alkyl halides is 2. The Morgan fingerprint density at radius 1 is 1.69 bits per heavy atom. The minimum absolute atomic E-state index is 0.0396. The molecule has 0 spiro atoms. The summed E-state index contributed by atoms with van der Waals surface area (Å²) in [5, 5.41) is 19.1. The van der Waals surface area contributed by atoms with Crippen molar-refractivity contribution in [2.45, 2.75) is 12.8 Å². The number of nitriles is 1. The van der Waals surface area contributed by atoms with Crippen molar-refractivity contribution in [3.8, 4) is 6.07 Å². The predicted octanol–water partition coefficient (Wildman–Crippen LogP) is 2.60. The number of nitro groups is 1. The third-order valence-corrected chi connectivity index (χ3v) is 2.48. The van der Waals surface area contributed by atoms with Crippen molar-refractivity contribution in [2.75, 3.05) is 0 Å². The molecule has 0 N–H and O–H groups in total. The molecule has 0 aromatic carbocycles. The molecule has 0 bridgehead atoms. The number of aromatic nitrogens is 1. The molecule has 8 heteroatoms. The van der Waals surface area contributed by atoms with Gasteiger partial charge in [0, 0.05) is 5.56 Å². The smallest absolute Gasteiger partial charge is 0.258 e. The average molecular weight is 339 g/mol. The van der Waals surface area contributed by atoms with Gasteiger partial charge in [0.1, 0.15) is 5.69 Å². The van der Waals surface area contributed by atoms with Crippen LogP contribution in [0.15, 0.2) is 6.07 Å². The lowest BCUT2D eigenvalue weighted by Crippen LogP contribution is -2.03. The van der Waals surface area contributed by atoms with Crippen LogP contribution < -0.4 is 0 Å². The summed E-state index contributed by atoms with van der Waals surface area (Å²) in [5.74, 6) is 0. The maximum absolute atomic E-state index is 12.4. The molecule has 5 nitrogen and oxygen atoms in total. The van der Waals surface area contributed by atoms with E-state index in [-0.39, 0.29) is 21.4 Å². The van der Waals surface area contributed by atoms with Gasteiger partial charge in [-0.1, -0.05) is 0 Å². The molecular weight excluding hydrogens is 335 g/mol. The summed E-state index contributed by atoms with van der Waals surface area (Å²) in [7, 11) is 0. The molecule has 1 heterocycles. The standard InChI is InChI=1S/C8H4F2IN3O2/c9-7(10)5-3-4(1-2-12)6(14(15)16)8(11)13-5/h3,7H,1H2. The Morgan fingerprint density at radius 3 is 2.75 bits per heavy atom. The van der Waals surface area contributed by atoms with Crippen LogP contribution in [0, 0.1) is 25.1 Å². The number of nitrogens with zero attached hydrogens (tertiary/aromatic N) is 3. The van der Waals surface area contributed by atoms with Crippen molar-refractivity contribution >= 4 is 28.3 Å². The van der Waals surface area contributed by atoms with Gasteiger partial charge in [-0.05, 0) is 28.7 Å². The maximum Gasteiger partial charge on any atom is 0.305 e. The first kappa shape index (κ1) is 12.7. The van der Waals surface area contributed by atoms with E-state index in [9.17, 15) is 18.9 Å². The molecule has 16 heavy (non-hydrogen) atoms. The fourth-order valence-corrected chi connectivity index (χ4v) is 1.92.